The molecule has 0 saturated heterocycles. The van der Waals surface area contributed by atoms with Gasteiger partial charge in [0.15, 0.2) is 15.5 Å². The number of rotatable bonds is 10. The number of Topliss-reactive ketones (excluding diaryl/α,β-unsaturated/α-hetero) is 1. The molecule has 4 aromatic rings. The maximum Gasteiger partial charge on any atom is 0.435 e. The van der Waals surface area contributed by atoms with Crippen LogP contribution in [0.15, 0.2) is 70.9 Å². The predicted molar refractivity (Wildman–Crippen MR) is 140 cm³/mol. The molecular formula is C27H25F3N2O4S2. The molecule has 6 nitrogen and oxygen atoms in total. The first-order valence-corrected chi connectivity index (χ1v) is 14.5. The molecule has 0 atom stereocenters. The number of sulfone groups is 1. The van der Waals surface area contributed by atoms with Crippen LogP contribution in [0.1, 0.15) is 31.9 Å². The summed E-state index contributed by atoms with van der Waals surface area (Å²) in [6.45, 7) is 1.82. The van der Waals surface area contributed by atoms with Gasteiger partial charge in [0, 0.05) is 12.7 Å². The molecule has 11 heteroatoms. The normalized spacial score (nSPS) is 12.0. The smallest absolute Gasteiger partial charge is 0.435 e. The largest absolute Gasteiger partial charge is 0.491 e. The van der Waals surface area contributed by atoms with Crippen LogP contribution in [0.5, 0.6) is 5.75 Å². The van der Waals surface area contributed by atoms with Crippen LogP contribution in [-0.2, 0) is 20.8 Å². The van der Waals surface area contributed by atoms with Crippen molar-refractivity contribution in [1.82, 2.24) is 9.78 Å². The summed E-state index contributed by atoms with van der Waals surface area (Å²) >= 11 is 1.23. The van der Waals surface area contributed by atoms with E-state index in [-0.39, 0.29) is 16.4 Å². The Morgan fingerprint density at radius 3 is 2.50 bits per heavy atom. The molecule has 2 heterocycles. The van der Waals surface area contributed by atoms with Crippen molar-refractivity contribution in [3.05, 3.63) is 71.7 Å². The third kappa shape index (κ3) is 6.51. The molecule has 2 aromatic heterocycles. The van der Waals surface area contributed by atoms with E-state index in [1.807, 2.05) is 0 Å². The van der Waals surface area contributed by atoms with E-state index in [0.717, 1.165) is 12.3 Å². The Balaban J connectivity index is 1.71. The first-order valence-electron chi connectivity index (χ1n) is 11.7. The van der Waals surface area contributed by atoms with E-state index in [4.69, 9.17) is 4.74 Å². The fraction of sp³-hybridized carbons (Fsp3) is 0.259. The number of unbranched alkanes of at least 4 members (excludes halogenated alkanes) is 1. The minimum absolute atomic E-state index is 0.0876. The average molecular weight is 563 g/mol. The Bertz CT molecular complexity index is 1560. The molecule has 0 spiro atoms. The molecule has 0 amide bonds. The maximum absolute atomic E-state index is 13.7. The van der Waals surface area contributed by atoms with Crippen molar-refractivity contribution in [3.63, 3.8) is 0 Å². The number of ether oxygens (including phenoxy) is 1. The highest BCUT2D eigenvalue weighted by molar-refractivity contribution is 7.90. The summed E-state index contributed by atoms with van der Waals surface area (Å²) in [5.74, 6) is 0.454. The summed E-state index contributed by atoms with van der Waals surface area (Å²) in [5, 5.41) is 5.64. The highest BCUT2D eigenvalue weighted by Crippen LogP contribution is 2.39. The van der Waals surface area contributed by atoms with E-state index in [9.17, 15) is 26.4 Å². The number of carbonyl (C=O) groups is 1. The number of benzene rings is 2. The Kier molecular flexibility index (Phi) is 8.08. The monoisotopic (exact) mass is 562 g/mol. The molecule has 0 aliphatic rings. The molecule has 2 aromatic carbocycles. The fourth-order valence-electron chi connectivity index (χ4n) is 3.82. The van der Waals surface area contributed by atoms with Gasteiger partial charge in [0.25, 0.3) is 0 Å². The van der Waals surface area contributed by atoms with Gasteiger partial charge in [-0.2, -0.15) is 18.3 Å². The molecule has 4 rings (SSSR count). The van der Waals surface area contributed by atoms with Gasteiger partial charge in [-0.1, -0.05) is 24.3 Å². The number of hydrogen-bond donors (Lipinski definition) is 0. The maximum atomic E-state index is 13.7. The van der Waals surface area contributed by atoms with Crippen molar-refractivity contribution in [3.8, 4) is 33.1 Å². The highest BCUT2D eigenvalue weighted by Gasteiger charge is 2.36. The van der Waals surface area contributed by atoms with Gasteiger partial charge in [-0.05, 0) is 72.7 Å². The predicted octanol–water partition coefficient (Wildman–Crippen LogP) is 6.83. The lowest BCUT2D eigenvalue weighted by Crippen LogP contribution is -2.08. The molecule has 38 heavy (non-hydrogen) atoms. The Hall–Kier alpha value is -3.44. The van der Waals surface area contributed by atoms with E-state index in [2.05, 4.69) is 5.10 Å². The lowest BCUT2D eigenvalue weighted by Gasteiger charge is -2.13. The third-order valence-corrected chi connectivity index (χ3v) is 7.78. The molecule has 0 radical (unpaired) electrons. The lowest BCUT2D eigenvalue weighted by atomic mass is 10.1. The van der Waals surface area contributed by atoms with Crippen molar-refractivity contribution >= 4 is 27.0 Å². The van der Waals surface area contributed by atoms with Gasteiger partial charge in [0.1, 0.15) is 17.2 Å². The van der Waals surface area contributed by atoms with Crippen LogP contribution in [0.3, 0.4) is 0 Å². The summed E-state index contributed by atoms with van der Waals surface area (Å²) in [6, 6.07) is 15.8. The van der Waals surface area contributed by atoms with Crippen LogP contribution in [-0.4, -0.2) is 36.8 Å². The van der Waals surface area contributed by atoms with Gasteiger partial charge >= 0.3 is 6.18 Å². The number of nitrogens with zero attached hydrogens (tertiary/aromatic N) is 2. The van der Waals surface area contributed by atoms with Crippen molar-refractivity contribution < 1.29 is 31.1 Å². The standard InChI is InChI=1S/C27H25F3N2O4S2/c1-18(33)8-5-6-13-36-24-12-4-3-11-22(24)32-23(16-26(31-32)27(28,29)30)25-15-20(17-37-25)19-9-7-10-21(14-19)38(2,34)35/h3-4,7,9-12,14-17H,5-6,8,13H2,1-2H3. The summed E-state index contributed by atoms with van der Waals surface area (Å²) in [5.41, 5.74) is 0.829. The number of para-hydroxylation sites is 2. The quantitative estimate of drug-likeness (QED) is 0.198. The number of alkyl halides is 3. The van der Waals surface area contributed by atoms with Gasteiger partial charge < -0.3 is 9.53 Å². The molecule has 0 fully saturated rings. The number of thiophene rings is 1. The van der Waals surface area contributed by atoms with Crippen molar-refractivity contribution in [2.45, 2.75) is 37.3 Å². The minimum atomic E-state index is -4.66. The Labute approximate surface area is 222 Å². The molecule has 0 bridgehead atoms. The van der Waals surface area contributed by atoms with E-state index in [1.54, 1.807) is 47.8 Å². The van der Waals surface area contributed by atoms with E-state index >= 15 is 0 Å². The molecule has 0 N–H and O–H groups in total. The molecule has 0 saturated carbocycles. The first kappa shape index (κ1) is 27.6. The average Bonchev–Trinajstić information content (AvgIpc) is 3.51. The molecule has 200 valence electrons. The molecule has 0 unspecified atom stereocenters. The number of carbonyl (C=O) groups excluding carboxylic acids is 1. The van der Waals surface area contributed by atoms with Crippen molar-refractivity contribution in [2.24, 2.45) is 0 Å². The second-order valence-electron chi connectivity index (χ2n) is 8.80. The van der Waals surface area contributed by atoms with Gasteiger partial charge in [-0.25, -0.2) is 13.1 Å². The van der Waals surface area contributed by atoms with Gasteiger partial charge in [0.2, 0.25) is 0 Å². The zero-order valence-electron chi connectivity index (χ0n) is 20.7. The fourth-order valence-corrected chi connectivity index (χ4v) is 5.41. The van der Waals surface area contributed by atoms with E-state index in [0.29, 0.717) is 53.3 Å². The third-order valence-electron chi connectivity index (χ3n) is 5.72. The van der Waals surface area contributed by atoms with Gasteiger partial charge in [0.05, 0.1) is 22.1 Å². The zero-order chi connectivity index (χ0) is 27.5. The molecular weight excluding hydrogens is 537 g/mol. The zero-order valence-corrected chi connectivity index (χ0v) is 22.3. The summed E-state index contributed by atoms with van der Waals surface area (Å²) in [7, 11) is -3.42. The SMILES string of the molecule is CC(=O)CCCCOc1ccccc1-n1nc(C(F)(F)F)cc1-c1cc(-c2cccc(S(C)(=O)=O)c2)cs1. The van der Waals surface area contributed by atoms with Crippen LogP contribution in [0, 0.1) is 0 Å². The van der Waals surface area contributed by atoms with Gasteiger partial charge in [-0.15, -0.1) is 11.3 Å². The Morgan fingerprint density at radius 1 is 1.03 bits per heavy atom. The van der Waals surface area contributed by atoms with Gasteiger partial charge in [-0.3, -0.25) is 0 Å². The van der Waals surface area contributed by atoms with Crippen LogP contribution in [0.25, 0.3) is 27.4 Å². The summed E-state index contributed by atoms with van der Waals surface area (Å²) in [4.78, 5) is 11.8. The lowest BCUT2D eigenvalue weighted by molar-refractivity contribution is -0.141. The number of aromatic nitrogens is 2. The molecule has 0 aliphatic carbocycles. The highest BCUT2D eigenvalue weighted by atomic mass is 32.2. The second-order valence-corrected chi connectivity index (χ2v) is 11.7. The van der Waals surface area contributed by atoms with Crippen LogP contribution >= 0.6 is 11.3 Å². The summed E-state index contributed by atoms with van der Waals surface area (Å²) < 4.78 is 72.1. The molecule has 0 aliphatic heterocycles. The van der Waals surface area contributed by atoms with E-state index < -0.39 is 21.7 Å². The van der Waals surface area contributed by atoms with Crippen molar-refractivity contribution in [1.29, 1.82) is 0 Å². The topological polar surface area (TPSA) is 78.3 Å². The van der Waals surface area contributed by atoms with Crippen molar-refractivity contribution in [2.75, 3.05) is 12.9 Å². The second kappa shape index (κ2) is 11.1. The van der Waals surface area contributed by atoms with Crippen LogP contribution in [0.4, 0.5) is 13.2 Å². The van der Waals surface area contributed by atoms with Crippen LogP contribution in [0.2, 0.25) is 0 Å². The first-order chi connectivity index (χ1) is 17.9. The number of hydrogen-bond acceptors (Lipinski definition) is 6. The minimum Gasteiger partial charge on any atom is -0.491 e. The van der Waals surface area contributed by atoms with E-state index in [1.165, 1.54) is 35.1 Å². The Morgan fingerprint density at radius 2 is 1.79 bits per heavy atom. The summed E-state index contributed by atoms with van der Waals surface area (Å²) in [6.07, 6.45) is -1.83. The number of ketones is 1. The van der Waals surface area contributed by atoms with Crippen LogP contribution < -0.4 is 4.74 Å². The number of halogens is 3.